The number of carbonyl (C=O) groups is 3. The fourth-order valence-corrected chi connectivity index (χ4v) is 1.96. The van der Waals surface area contributed by atoms with Gasteiger partial charge >= 0.3 is 11.9 Å². The molecule has 0 unspecified atom stereocenters. The molecule has 0 aliphatic carbocycles. The molecule has 0 bridgehead atoms. The molecule has 140 valence electrons. The summed E-state index contributed by atoms with van der Waals surface area (Å²) in [5.41, 5.74) is 5.21. The molecule has 0 amide bonds. The lowest BCUT2D eigenvalue weighted by atomic mass is 10.0. The monoisotopic (exact) mass is 349 g/mol. The van der Waals surface area contributed by atoms with E-state index in [0.29, 0.717) is 12.8 Å². The van der Waals surface area contributed by atoms with Crippen LogP contribution in [0.1, 0.15) is 44.9 Å². The highest BCUT2D eigenvalue weighted by Gasteiger charge is 2.30. The van der Waals surface area contributed by atoms with Crippen molar-refractivity contribution in [1.29, 1.82) is 0 Å². The molecule has 0 saturated heterocycles. The number of ether oxygens (including phenoxy) is 1. The van der Waals surface area contributed by atoms with Crippen LogP contribution >= 0.6 is 0 Å². The quantitative estimate of drug-likeness (QED) is 0.149. The average Bonchev–Trinajstić information content (AvgIpc) is 2.56. The maximum absolute atomic E-state index is 11.5. The summed E-state index contributed by atoms with van der Waals surface area (Å²) in [6.07, 6.45) is -0.854. The van der Waals surface area contributed by atoms with Crippen molar-refractivity contribution >= 4 is 18.2 Å². The van der Waals surface area contributed by atoms with Crippen LogP contribution in [-0.4, -0.2) is 69.6 Å². The van der Waals surface area contributed by atoms with Gasteiger partial charge in [0.2, 0.25) is 0 Å². The van der Waals surface area contributed by atoms with Gasteiger partial charge in [0.25, 0.3) is 0 Å². The van der Waals surface area contributed by atoms with Gasteiger partial charge < -0.3 is 35.7 Å². The number of carboxylic acid groups (broad SMARTS) is 1. The molecule has 0 saturated carbocycles. The summed E-state index contributed by atoms with van der Waals surface area (Å²) < 4.78 is 4.78. The number of rotatable bonds is 14. The van der Waals surface area contributed by atoms with Gasteiger partial charge in [-0.2, -0.15) is 0 Å². The summed E-state index contributed by atoms with van der Waals surface area (Å²) in [5, 5.41) is 37.1. The van der Waals surface area contributed by atoms with Crippen LogP contribution in [0.15, 0.2) is 0 Å². The minimum Gasteiger partial charge on any atom is -0.481 e. The van der Waals surface area contributed by atoms with Gasteiger partial charge in [-0.25, -0.2) is 0 Å². The van der Waals surface area contributed by atoms with Crippen molar-refractivity contribution in [1.82, 2.24) is 0 Å². The van der Waals surface area contributed by atoms with Crippen LogP contribution in [0.4, 0.5) is 0 Å². The van der Waals surface area contributed by atoms with E-state index < -0.39 is 42.9 Å². The van der Waals surface area contributed by atoms with E-state index in [9.17, 15) is 29.7 Å². The van der Waals surface area contributed by atoms with Crippen molar-refractivity contribution in [2.45, 2.75) is 69.3 Å². The average molecular weight is 349 g/mol. The molecule has 0 fully saturated rings. The summed E-state index contributed by atoms with van der Waals surface area (Å²) in [6, 6.07) is -1.34. The Morgan fingerprint density at radius 3 is 2.04 bits per heavy atom. The van der Waals surface area contributed by atoms with E-state index in [1.54, 1.807) is 0 Å². The van der Waals surface area contributed by atoms with Crippen LogP contribution in [0.3, 0.4) is 0 Å². The molecule has 24 heavy (non-hydrogen) atoms. The topological polar surface area (TPSA) is 167 Å². The number of hydrogen-bond acceptors (Lipinski definition) is 8. The van der Waals surface area contributed by atoms with E-state index in [1.807, 2.05) is 0 Å². The smallest absolute Gasteiger partial charge is 0.305 e. The second-order valence-electron chi connectivity index (χ2n) is 5.61. The molecule has 0 aromatic heterocycles. The molecule has 4 atom stereocenters. The van der Waals surface area contributed by atoms with Crippen molar-refractivity contribution in [3.63, 3.8) is 0 Å². The normalized spacial score (nSPS) is 16.0. The van der Waals surface area contributed by atoms with Crippen LogP contribution in [0, 0.1) is 0 Å². The molecule has 9 nitrogen and oxygen atoms in total. The third kappa shape index (κ3) is 10.3. The summed E-state index contributed by atoms with van der Waals surface area (Å²) in [7, 11) is 0. The Hall–Kier alpha value is -1.55. The second kappa shape index (κ2) is 12.8. The fraction of sp³-hybridized carbons (Fsp3) is 0.800. The number of unbranched alkanes of at least 4 members (excludes halogenated alkanes) is 4. The maximum atomic E-state index is 11.5. The van der Waals surface area contributed by atoms with Gasteiger partial charge in [0.1, 0.15) is 31.2 Å². The van der Waals surface area contributed by atoms with Gasteiger partial charge in [0, 0.05) is 12.8 Å². The summed E-state index contributed by atoms with van der Waals surface area (Å²) in [6.45, 7) is -0.513. The molecule has 9 heteroatoms. The fourth-order valence-electron chi connectivity index (χ4n) is 1.96. The van der Waals surface area contributed by atoms with Crippen LogP contribution in [-0.2, 0) is 19.1 Å². The number of carbonyl (C=O) groups excluding carboxylic acids is 2. The van der Waals surface area contributed by atoms with Crippen molar-refractivity contribution in [2.24, 2.45) is 5.73 Å². The zero-order valence-electron chi connectivity index (χ0n) is 13.5. The number of aliphatic hydroxyl groups excluding tert-OH is 3. The van der Waals surface area contributed by atoms with Crippen molar-refractivity contribution < 1.29 is 39.5 Å². The van der Waals surface area contributed by atoms with Gasteiger partial charge in [-0.15, -0.1) is 0 Å². The minimum absolute atomic E-state index is 0.137. The molecular formula is C15H27NO8. The van der Waals surface area contributed by atoms with E-state index >= 15 is 0 Å². The van der Waals surface area contributed by atoms with E-state index in [1.165, 1.54) is 0 Å². The Labute approximate surface area is 140 Å². The maximum Gasteiger partial charge on any atom is 0.305 e. The molecular weight excluding hydrogens is 322 g/mol. The van der Waals surface area contributed by atoms with Crippen LogP contribution < -0.4 is 5.73 Å². The van der Waals surface area contributed by atoms with Gasteiger partial charge in [-0.05, 0) is 12.8 Å². The van der Waals surface area contributed by atoms with Crippen LogP contribution in [0.2, 0.25) is 0 Å². The van der Waals surface area contributed by atoms with Crippen LogP contribution in [0.25, 0.3) is 0 Å². The lowest BCUT2D eigenvalue weighted by molar-refractivity contribution is -0.152. The Morgan fingerprint density at radius 2 is 1.50 bits per heavy atom. The number of aliphatic carboxylic acids is 1. The largest absolute Gasteiger partial charge is 0.481 e. The number of aldehydes is 1. The molecule has 0 heterocycles. The first kappa shape index (κ1) is 22.4. The second-order valence-corrected chi connectivity index (χ2v) is 5.61. The van der Waals surface area contributed by atoms with E-state index in [0.717, 1.165) is 19.3 Å². The molecule has 0 radical (unpaired) electrons. The first-order valence-corrected chi connectivity index (χ1v) is 7.92. The Bertz CT molecular complexity index is 390. The zero-order chi connectivity index (χ0) is 18.5. The van der Waals surface area contributed by atoms with Crippen molar-refractivity contribution in [3.05, 3.63) is 0 Å². The van der Waals surface area contributed by atoms with E-state index in [-0.39, 0.29) is 19.1 Å². The zero-order valence-corrected chi connectivity index (χ0v) is 13.5. The lowest BCUT2D eigenvalue weighted by Crippen LogP contribution is -2.50. The van der Waals surface area contributed by atoms with Crippen molar-refractivity contribution in [3.8, 4) is 0 Å². The van der Waals surface area contributed by atoms with Crippen LogP contribution in [0.5, 0.6) is 0 Å². The molecule has 0 rings (SSSR count). The lowest BCUT2D eigenvalue weighted by Gasteiger charge is -2.24. The number of carboxylic acids is 1. The molecule has 0 aliphatic heterocycles. The van der Waals surface area contributed by atoms with Gasteiger partial charge in [-0.3, -0.25) is 9.59 Å². The first-order chi connectivity index (χ1) is 11.3. The number of hydrogen-bond donors (Lipinski definition) is 5. The highest BCUT2D eigenvalue weighted by atomic mass is 16.5. The van der Waals surface area contributed by atoms with Crippen molar-refractivity contribution in [2.75, 3.05) is 6.61 Å². The Kier molecular flexibility index (Phi) is 12.0. The SMILES string of the molecule is N[C@@H](C=O)[C@@H](O)[C@H](O)[C@H](O)COC(=O)CCCCCCCC(=O)O. The minimum atomic E-state index is -1.70. The predicted molar refractivity (Wildman–Crippen MR) is 83.0 cm³/mol. The summed E-state index contributed by atoms with van der Waals surface area (Å²) in [5.74, 6) is -1.38. The molecule has 0 aromatic carbocycles. The third-order valence-electron chi connectivity index (χ3n) is 3.48. The number of esters is 1. The van der Waals surface area contributed by atoms with Gasteiger partial charge in [-0.1, -0.05) is 19.3 Å². The standard InChI is InChI=1S/C15H27NO8/c16-10(8-17)14(22)15(23)11(18)9-24-13(21)7-5-3-1-2-4-6-12(19)20/h8,10-11,14-15,18,22-23H,1-7,9,16H2,(H,19,20)/t10-,11+,14+,15+/m0/s1. The number of nitrogens with two attached hydrogens (primary N) is 1. The Morgan fingerprint density at radius 1 is 0.958 bits per heavy atom. The molecule has 6 N–H and O–H groups in total. The highest BCUT2D eigenvalue weighted by molar-refractivity contribution is 5.69. The van der Waals surface area contributed by atoms with Gasteiger partial charge in [0.15, 0.2) is 0 Å². The third-order valence-corrected chi connectivity index (χ3v) is 3.48. The number of aliphatic hydroxyl groups is 3. The van der Waals surface area contributed by atoms with E-state index in [2.05, 4.69) is 0 Å². The summed E-state index contributed by atoms with van der Waals surface area (Å²) in [4.78, 5) is 32.2. The Balaban J connectivity index is 3.77. The van der Waals surface area contributed by atoms with E-state index in [4.69, 9.17) is 15.6 Å². The molecule has 0 spiro atoms. The first-order valence-electron chi connectivity index (χ1n) is 7.92. The summed E-state index contributed by atoms with van der Waals surface area (Å²) >= 11 is 0. The molecule has 0 aliphatic rings. The highest BCUT2D eigenvalue weighted by Crippen LogP contribution is 2.09. The van der Waals surface area contributed by atoms with Gasteiger partial charge in [0.05, 0.1) is 6.04 Å². The molecule has 0 aromatic rings. The predicted octanol–water partition coefficient (Wildman–Crippen LogP) is -1.05.